The first kappa shape index (κ1) is 13.0. The summed E-state index contributed by atoms with van der Waals surface area (Å²) in [6.07, 6.45) is 1.99. The smallest absolute Gasteiger partial charge is 0.161 e. The van der Waals surface area contributed by atoms with Crippen LogP contribution >= 0.6 is 11.6 Å². The average molecular weight is 261 g/mol. The van der Waals surface area contributed by atoms with Crippen LogP contribution in [0.5, 0.6) is 0 Å². The summed E-state index contributed by atoms with van der Waals surface area (Å²) in [5.41, 5.74) is 4.47. The minimum atomic E-state index is 0.516. The minimum absolute atomic E-state index is 0.516. The van der Waals surface area contributed by atoms with E-state index in [1.807, 2.05) is 6.07 Å². The fraction of sp³-hybridized carbons (Fsp3) is 0.333. The van der Waals surface area contributed by atoms with Gasteiger partial charge in [0.1, 0.15) is 5.15 Å². The predicted octanol–water partition coefficient (Wildman–Crippen LogP) is 4.37. The molecule has 0 amide bonds. The van der Waals surface area contributed by atoms with E-state index in [1.54, 1.807) is 0 Å². The molecule has 0 saturated heterocycles. The monoisotopic (exact) mass is 260 g/mol. The molecule has 0 bridgehead atoms. The molecule has 2 nitrogen and oxygen atoms in total. The normalized spacial score (nSPS) is 10.7. The molecule has 0 spiro atoms. The van der Waals surface area contributed by atoms with Crippen molar-refractivity contribution in [3.63, 3.8) is 0 Å². The molecular weight excluding hydrogens is 244 g/mol. The molecule has 18 heavy (non-hydrogen) atoms. The van der Waals surface area contributed by atoms with E-state index in [0.717, 1.165) is 29.9 Å². The highest BCUT2D eigenvalue weighted by molar-refractivity contribution is 6.29. The van der Waals surface area contributed by atoms with Gasteiger partial charge in [-0.2, -0.15) is 0 Å². The molecule has 0 atom stereocenters. The number of rotatable bonds is 3. The standard InChI is InChI=1S/C15H17ClN2/c1-4-5-13-9-14(16)18-15(17-13)12-7-10(2)6-11(3)8-12/h6-9H,4-5H2,1-3H3. The zero-order valence-electron chi connectivity index (χ0n) is 11.0. The number of halogens is 1. The van der Waals surface area contributed by atoms with E-state index in [4.69, 9.17) is 11.6 Å². The van der Waals surface area contributed by atoms with Crippen LogP contribution < -0.4 is 0 Å². The summed E-state index contributed by atoms with van der Waals surface area (Å²) in [4.78, 5) is 8.90. The summed E-state index contributed by atoms with van der Waals surface area (Å²) in [5, 5.41) is 0.516. The maximum Gasteiger partial charge on any atom is 0.161 e. The highest BCUT2D eigenvalue weighted by Crippen LogP contribution is 2.21. The lowest BCUT2D eigenvalue weighted by molar-refractivity contribution is 0.875. The Hall–Kier alpha value is -1.41. The van der Waals surface area contributed by atoms with Crippen LogP contribution in [0.1, 0.15) is 30.2 Å². The molecule has 3 heteroatoms. The summed E-state index contributed by atoms with van der Waals surface area (Å²) in [7, 11) is 0. The summed E-state index contributed by atoms with van der Waals surface area (Å²) in [6.45, 7) is 6.29. The van der Waals surface area contributed by atoms with Crippen molar-refractivity contribution in [1.29, 1.82) is 0 Å². The molecule has 94 valence electrons. The maximum atomic E-state index is 6.06. The SMILES string of the molecule is CCCc1cc(Cl)nc(-c2cc(C)cc(C)c2)n1. The van der Waals surface area contributed by atoms with E-state index in [-0.39, 0.29) is 0 Å². The number of hydrogen-bond donors (Lipinski definition) is 0. The Bertz CT molecular complexity index is 544. The summed E-state index contributed by atoms with van der Waals surface area (Å²) < 4.78 is 0. The third kappa shape index (κ3) is 3.08. The Morgan fingerprint density at radius 1 is 1.00 bits per heavy atom. The molecule has 1 heterocycles. The van der Waals surface area contributed by atoms with Gasteiger partial charge in [0, 0.05) is 11.3 Å². The zero-order valence-corrected chi connectivity index (χ0v) is 11.8. The van der Waals surface area contributed by atoms with Gasteiger partial charge in [0.05, 0.1) is 0 Å². The van der Waals surface area contributed by atoms with E-state index in [1.165, 1.54) is 11.1 Å². The van der Waals surface area contributed by atoms with Gasteiger partial charge in [-0.1, -0.05) is 42.1 Å². The van der Waals surface area contributed by atoms with Gasteiger partial charge in [0.15, 0.2) is 5.82 Å². The summed E-state index contributed by atoms with van der Waals surface area (Å²) in [5.74, 6) is 0.720. The molecule has 0 saturated carbocycles. The molecule has 1 aromatic heterocycles. The molecular formula is C15H17ClN2. The Morgan fingerprint density at radius 3 is 2.28 bits per heavy atom. The lowest BCUT2D eigenvalue weighted by atomic mass is 10.1. The molecule has 0 radical (unpaired) electrons. The topological polar surface area (TPSA) is 25.8 Å². The summed E-state index contributed by atoms with van der Waals surface area (Å²) >= 11 is 6.06. The van der Waals surface area contributed by atoms with Crippen LogP contribution in [0.4, 0.5) is 0 Å². The number of aryl methyl sites for hydroxylation is 3. The van der Waals surface area contributed by atoms with Crippen LogP contribution in [-0.2, 0) is 6.42 Å². The highest BCUT2D eigenvalue weighted by Gasteiger charge is 2.06. The molecule has 0 N–H and O–H groups in total. The Balaban J connectivity index is 2.49. The predicted molar refractivity (Wildman–Crippen MR) is 75.9 cm³/mol. The molecule has 0 aliphatic heterocycles. The van der Waals surface area contributed by atoms with Gasteiger partial charge >= 0.3 is 0 Å². The maximum absolute atomic E-state index is 6.06. The number of hydrogen-bond acceptors (Lipinski definition) is 2. The van der Waals surface area contributed by atoms with Crippen molar-refractivity contribution in [3.05, 3.63) is 46.2 Å². The average Bonchev–Trinajstić information content (AvgIpc) is 2.27. The quantitative estimate of drug-likeness (QED) is 0.766. The first-order chi connectivity index (χ1) is 8.58. The van der Waals surface area contributed by atoms with E-state index < -0.39 is 0 Å². The van der Waals surface area contributed by atoms with Crippen molar-refractivity contribution in [2.24, 2.45) is 0 Å². The van der Waals surface area contributed by atoms with Gasteiger partial charge in [-0.05, 0) is 38.5 Å². The van der Waals surface area contributed by atoms with E-state index in [0.29, 0.717) is 5.15 Å². The Kier molecular flexibility index (Phi) is 3.97. The first-order valence-corrected chi connectivity index (χ1v) is 6.58. The van der Waals surface area contributed by atoms with Crippen LogP contribution in [-0.4, -0.2) is 9.97 Å². The lowest BCUT2D eigenvalue weighted by Gasteiger charge is -2.06. The van der Waals surface area contributed by atoms with Crippen molar-refractivity contribution >= 4 is 11.6 Å². The fourth-order valence-corrected chi connectivity index (χ4v) is 2.29. The second-order valence-electron chi connectivity index (χ2n) is 4.63. The largest absolute Gasteiger partial charge is 0.233 e. The van der Waals surface area contributed by atoms with E-state index in [9.17, 15) is 0 Å². The van der Waals surface area contributed by atoms with Gasteiger partial charge in [0.2, 0.25) is 0 Å². The minimum Gasteiger partial charge on any atom is -0.233 e. The Morgan fingerprint density at radius 2 is 1.67 bits per heavy atom. The molecule has 0 aliphatic carbocycles. The molecule has 2 rings (SSSR count). The third-order valence-corrected chi connectivity index (χ3v) is 2.93. The fourth-order valence-electron chi connectivity index (χ4n) is 2.08. The third-order valence-electron chi connectivity index (χ3n) is 2.73. The zero-order chi connectivity index (χ0) is 13.1. The van der Waals surface area contributed by atoms with E-state index in [2.05, 4.69) is 48.9 Å². The van der Waals surface area contributed by atoms with Crippen LogP contribution in [0.2, 0.25) is 5.15 Å². The van der Waals surface area contributed by atoms with Crippen LogP contribution in [0.15, 0.2) is 24.3 Å². The molecule has 0 unspecified atom stereocenters. The molecule has 2 aromatic rings. The van der Waals surface area contributed by atoms with Gasteiger partial charge in [-0.25, -0.2) is 9.97 Å². The Labute approximate surface area is 113 Å². The van der Waals surface area contributed by atoms with Crippen molar-refractivity contribution < 1.29 is 0 Å². The van der Waals surface area contributed by atoms with Gasteiger partial charge in [-0.15, -0.1) is 0 Å². The lowest BCUT2D eigenvalue weighted by Crippen LogP contribution is -1.96. The van der Waals surface area contributed by atoms with Crippen molar-refractivity contribution in [3.8, 4) is 11.4 Å². The summed E-state index contributed by atoms with van der Waals surface area (Å²) in [6, 6.07) is 8.17. The van der Waals surface area contributed by atoms with Gasteiger partial charge < -0.3 is 0 Å². The number of benzene rings is 1. The highest BCUT2D eigenvalue weighted by atomic mass is 35.5. The van der Waals surface area contributed by atoms with E-state index >= 15 is 0 Å². The van der Waals surface area contributed by atoms with Crippen LogP contribution in [0.3, 0.4) is 0 Å². The van der Waals surface area contributed by atoms with Gasteiger partial charge in [-0.3, -0.25) is 0 Å². The molecule has 0 aliphatic rings. The number of aromatic nitrogens is 2. The van der Waals surface area contributed by atoms with Gasteiger partial charge in [0.25, 0.3) is 0 Å². The number of nitrogens with zero attached hydrogens (tertiary/aromatic N) is 2. The van der Waals surface area contributed by atoms with Crippen LogP contribution in [0, 0.1) is 13.8 Å². The van der Waals surface area contributed by atoms with Crippen molar-refractivity contribution in [1.82, 2.24) is 9.97 Å². The second-order valence-corrected chi connectivity index (χ2v) is 5.02. The van der Waals surface area contributed by atoms with Crippen LogP contribution in [0.25, 0.3) is 11.4 Å². The van der Waals surface area contributed by atoms with Crippen molar-refractivity contribution in [2.45, 2.75) is 33.6 Å². The molecule has 0 fully saturated rings. The first-order valence-electron chi connectivity index (χ1n) is 6.20. The van der Waals surface area contributed by atoms with Crippen molar-refractivity contribution in [2.75, 3.05) is 0 Å². The second kappa shape index (κ2) is 5.49. The molecule has 1 aromatic carbocycles.